The van der Waals surface area contributed by atoms with E-state index in [9.17, 15) is 4.79 Å². The number of carbonyl (C=O) groups excluding carboxylic acids is 1. The van der Waals surface area contributed by atoms with E-state index in [4.69, 9.17) is 10.5 Å². The quantitative estimate of drug-likeness (QED) is 0.664. The minimum absolute atomic E-state index is 0.320. The number of nitrogens with two attached hydrogens (primary N) is 1. The van der Waals surface area contributed by atoms with Gasteiger partial charge < -0.3 is 15.4 Å². The summed E-state index contributed by atoms with van der Waals surface area (Å²) in [5, 5.41) is 0. The van der Waals surface area contributed by atoms with E-state index in [1.165, 1.54) is 20.0 Å². The maximum atomic E-state index is 11.4. The first-order valence-corrected chi connectivity index (χ1v) is 6.12. The maximum absolute atomic E-state index is 11.4. The third kappa shape index (κ3) is 3.76. The summed E-state index contributed by atoms with van der Waals surface area (Å²) < 4.78 is 4.70. The highest BCUT2D eigenvalue weighted by atomic mass is 16.5. The monoisotopic (exact) mass is 228 g/mol. The number of ether oxygens (including phenoxy) is 1. The highest BCUT2D eigenvalue weighted by Crippen LogP contribution is 2.27. The molecule has 1 aliphatic rings. The van der Waals surface area contributed by atoms with Crippen molar-refractivity contribution in [3.8, 4) is 0 Å². The van der Waals surface area contributed by atoms with Crippen LogP contribution in [0, 0.1) is 0 Å². The lowest BCUT2D eigenvalue weighted by Crippen LogP contribution is -2.48. The van der Waals surface area contributed by atoms with Gasteiger partial charge in [0.2, 0.25) is 0 Å². The smallest absolute Gasteiger partial charge is 0.325 e. The normalized spacial score (nSPS) is 19.6. The second-order valence-corrected chi connectivity index (χ2v) is 4.93. The lowest BCUT2D eigenvalue weighted by atomic mass is 9.99. The third-order valence-corrected chi connectivity index (χ3v) is 3.14. The van der Waals surface area contributed by atoms with Crippen molar-refractivity contribution in [1.29, 1.82) is 0 Å². The van der Waals surface area contributed by atoms with E-state index in [0.29, 0.717) is 6.42 Å². The van der Waals surface area contributed by atoms with Gasteiger partial charge in [0, 0.05) is 12.6 Å². The van der Waals surface area contributed by atoms with Gasteiger partial charge in [-0.15, -0.1) is 0 Å². The van der Waals surface area contributed by atoms with Crippen LogP contribution in [0.5, 0.6) is 0 Å². The predicted octanol–water partition coefficient (Wildman–Crippen LogP) is 1.14. The van der Waals surface area contributed by atoms with Crippen molar-refractivity contribution in [1.82, 2.24) is 4.90 Å². The molecule has 4 heteroatoms. The molecule has 0 spiro atoms. The van der Waals surface area contributed by atoms with E-state index in [1.54, 1.807) is 6.92 Å². The van der Waals surface area contributed by atoms with Crippen LogP contribution in [0.15, 0.2) is 0 Å². The van der Waals surface area contributed by atoms with E-state index in [1.807, 2.05) is 0 Å². The van der Waals surface area contributed by atoms with Crippen LogP contribution in [0.3, 0.4) is 0 Å². The Hall–Kier alpha value is -0.610. The van der Waals surface area contributed by atoms with Crippen LogP contribution in [-0.2, 0) is 9.53 Å². The van der Waals surface area contributed by atoms with E-state index < -0.39 is 5.54 Å². The first-order valence-electron chi connectivity index (χ1n) is 6.12. The zero-order chi connectivity index (χ0) is 12.2. The van der Waals surface area contributed by atoms with Gasteiger partial charge in [-0.2, -0.15) is 0 Å². The molecule has 1 aliphatic carbocycles. The van der Waals surface area contributed by atoms with Crippen LogP contribution in [0.2, 0.25) is 0 Å². The van der Waals surface area contributed by atoms with Gasteiger partial charge in [0.1, 0.15) is 5.54 Å². The molecule has 0 aliphatic heterocycles. The summed E-state index contributed by atoms with van der Waals surface area (Å²) in [6.07, 6.45) is 4.39. The number of methoxy groups -OCH3 is 1. The molecule has 1 atom stereocenters. The molecule has 0 saturated heterocycles. The van der Waals surface area contributed by atoms with E-state index in [-0.39, 0.29) is 5.97 Å². The number of nitrogens with zero attached hydrogens (tertiary/aromatic N) is 1. The first kappa shape index (κ1) is 13.5. The van der Waals surface area contributed by atoms with Crippen LogP contribution in [-0.4, -0.2) is 42.6 Å². The Bertz CT molecular complexity index is 237. The Morgan fingerprint density at radius 2 is 2.12 bits per heavy atom. The topological polar surface area (TPSA) is 55.6 Å². The number of carbonyl (C=O) groups is 1. The summed E-state index contributed by atoms with van der Waals surface area (Å²) in [7, 11) is 1.39. The van der Waals surface area contributed by atoms with Gasteiger partial charge in [-0.3, -0.25) is 4.79 Å². The molecule has 2 N–H and O–H groups in total. The average molecular weight is 228 g/mol. The second-order valence-electron chi connectivity index (χ2n) is 4.93. The summed E-state index contributed by atoms with van der Waals surface area (Å²) in [4.78, 5) is 13.9. The van der Waals surface area contributed by atoms with Crippen molar-refractivity contribution in [2.45, 2.75) is 51.1 Å². The fourth-order valence-electron chi connectivity index (χ4n) is 1.91. The number of hydrogen-bond acceptors (Lipinski definition) is 4. The van der Waals surface area contributed by atoms with E-state index in [0.717, 1.165) is 25.6 Å². The Labute approximate surface area is 98.1 Å². The fourth-order valence-corrected chi connectivity index (χ4v) is 1.91. The van der Waals surface area contributed by atoms with E-state index in [2.05, 4.69) is 11.8 Å². The van der Waals surface area contributed by atoms with Crippen molar-refractivity contribution >= 4 is 5.97 Å². The molecule has 1 unspecified atom stereocenters. The summed E-state index contributed by atoms with van der Waals surface area (Å²) in [6, 6.07) is 0.730. The van der Waals surface area contributed by atoms with Crippen molar-refractivity contribution in [2.24, 2.45) is 5.73 Å². The molecule has 1 fully saturated rings. The van der Waals surface area contributed by atoms with Gasteiger partial charge in [-0.1, -0.05) is 6.92 Å². The number of hydrogen-bond donors (Lipinski definition) is 1. The largest absolute Gasteiger partial charge is 0.468 e. The zero-order valence-corrected chi connectivity index (χ0v) is 10.7. The van der Waals surface area contributed by atoms with Gasteiger partial charge in [0.15, 0.2) is 0 Å². The Morgan fingerprint density at radius 1 is 1.50 bits per heavy atom. The lowest BCUT2D eigenvalue weighted by Gasteiger charge is -2.27. The minimum atomic E-state index is -0.852. The molecule has 1 saturated carbocycles. The molecule has 94 valence electrons. The third-order valence-electron chi connectivity index (χ3n) is 3.14. The lowest BCUT2D eigenvalue weighted by molar-refractivity contribution is -0.146. The Kier molecular flexibility index (Phi) is 4.74. The Balaban J connectivity index is 2.38. The highest BCUT2D eigenvalue weighted by Gasteiger charge is 2.33. The molecule has 0 bridgehead atoms. The molecule has 16 heavy (non-hydrogen) atoms. The Morgan fingerprint density at radius 3 is 2.56 bits per heavy atom. The van der Waals surface area contributed by atoms with Gasteiger partial charge in [-0.25, -0.2) is 0 Å². The van der Waals surface area contributed by atoms with E-state index >= 15 is 0 Å². The molecule has 0 radical (unpaired) electrons. The highest BCUT2D eigenvalue weighted by molar-refractivity contribution is 5.79. The molecular weight excluding hydrogens is 204 g/mol. The van der Waals surface area contributed by atoms with Gasteiger partial charge in [0.05, 0.1) is 7.11 Å². The summed E-state index contributed by atoms with van der Waals surface area (Å²) >= 11 is 0. The summed E-state index contributed by atoms with van der Waals surface area (Å²) in [5.41, 5.74) is 5.08. The van der Waals surface area contributed by atoms with Crippen LogP contribution in [0.4, 0.5) is 0 Å². The number of esters is 1. The molecular formula is C12H24N2O2. The second kappa shape index (κ2) is 5.64. The standard InChI is InChI=1S/C12H24N2O2/c1-4-8-14(10-5-6-10)9-7-12(2,13)11(15)16-3/h10H,4-9,13H2,1-3H3. The molecule has 4 nitrogen and oxygen atoms in total. The maximum Gasteiger partial charge on any atom is 0.325 e. The molecule has 0 amide bonds. The van der Waals surface area contributed by atoms with Crippen LogP contribution in [0.1, 0.15) is 39.5 Å². The van der Waals surface area contributed by atoms with Crippen LogP contribution >= 0.6 is 0 Å². The summed E-state index contributed by atoms with van der Waals surface area (Å²) in [6.45, 7) is 5.91. The van der Waals surface area contributed by atoms with Crippen molar-refractivity contribution < 1.29 is 9.53 Å². The minimum Gasteiger partial charge on any atom is -0.468 e. The molecule has 1 rings (SSSR count). The van der Waals surface area contributed by atoms with Gasteiger partial charge in [-0.05, 0) is 39.2 Å². The van der Waals surface area contributed by atoms with Crippen LogP contribution in [0.25, 0.3) is 0 Å². The molecule has 0 aromatic heterocycles. The SMILES string of the molecule is CCCN(CCC(C)(N)C(=O)OC)C1CC1. The first-order chi connectivity index (χ1) is 7.51. The zero-order valence-electron chi connectivity index (χ0n) is 10.7. The van der Waals surface area contributed by atoms with Crippen molar-refractivity contribution in [3.63, 3.8) is 0 Å². The average Bonchev–Trinajstić information content (AvgIpc) is 3.06. The van der Waals surface area contributed by atoms with Gasteiger partial charge in [0.25, 0.3) is 0 Å². The van der Waals surface area contributed by atoms with Crippen molar-refractivity contribution in [3.05, 3.63) is 0 Å². The van der Waals surface area contributed by atoms with Gasteiger partial charge >= 0.3 is 5.97 Å². The number of rotatable bonds is 7. The molecule has 0 aromatic rings. The van der Waals surface area contributed by atoms with Crippen molar-refractivity contribution in [2.75, 3.05) is 20.2 Å². The van der Waals surface area contributed by atoms with Crippen LogP contribution < -0.4 is 5.73 Å². The molecule has 0 aromatic carbocycles. The fraction of sp³-hybridized carbons (Fsp3) is 0.917. The predicted molar refractivity (Wildman–Crippen MR) is 64.1 cm³/mol. The summed E-state index contributed by atoms with van der Waals surface area (Å²) in [5.74, 6) is -0.320. The molecule has 0 heterocycles.